The molecule has 21 heavy (non-hydrogen) atoms. The molecule has 0 bridgehead atoms. The molecule has 0 aromatic heterocycles. The topological polar surface area (TPSA) is 72.8 Å². The lowest BCUT2D eigenvalue weighted by molar-refractivity contribution is 0.0946. The van der Waals surface area contributed by atoms with E-state index >= 15 is 0 Å². The van der Waals surface area contributed by atoms with Gasteiger partial charge in [0.2, 0.25) is 0 Å². The third-order valence-electron chi connectivity index (χ3n) is 4.07. The van der Waals surface area contributed by atoms with Gasteiger partial charge in [-0.25, -0.2) is 0 Å². The summed E-state index contributed by atoms with van der Waals surface area (Å²) in [6, 6.07) is 4.57. The van der Waals surface area contributed by atoms with Gasteiger partial charge in [0.05, 0.1) is 5.56 Å². The number of nitrogens with one attached hydrogen (secondary N) is 1. The van der Waals surface area contributed by atoms with Crippen molar-refractivity contribution in [1.29, 1.82) is 0 Å². The lowest BCUT2D eigenvalue weighted by atomic mass is 10.0. The van der Waals surface area contributed by atoms with Crippen LogP contribution in [-0.4, -0.2) is 46.7 Å². The summed E-state index contributed by atoms with van der Waals surface area (Å²) in [5, 5.41) is 21.8. The van der Waals surface area contributed by atoms with Crippen LogP contribution in [0.4, 0.5) is 0 Å². The molecule has 0 saturated carbocycles. The lowest BCUT2D eigenvalue weighted by Crippen LogP contribution is -2.39. The number of benzene rings is 1. The quantitative estimate of drug-likeness (QED) is 0.574. The van der Waals surface area contributed by atoms with Crippen molar-refractivity contribution in [3.8, 4) is 11.5 Å². The molecule has 1 saturated heterocycles. The Morgan fingerprint density at radius 3 is 2.95 bits per heavy atom. The summed E-state index contributed by atoms with van der Waals surface area (Å²) < 4.78 is 0. The van der Waals surface area contributed by atoms with E-state index in [1.165, 1.54) is 37.5 Å². The molecule has 1 amide bonds. The van der Waals surface area contributed by atoms with Crippen LogP contribution in [-0.2, 0) is 0 Å². The van der Waals surface area contributed by atoms with Crippen molar-refractivity contribution in [1.82, 2.24) is 10.2 Å². The minimum atomic E-state index is -0.352. The van der Waals surface area contributed by atoms with Gasteiger partial charge in [0, 0.05) is 19.1 Å². The van der Waals surface area contributed by atoms with E-state index in [2.05, 4.69) is 17.1 Å². The summed E-state index contributed by atoms with van der Waals surface area (Å²) >= 11 is 0. The number of phenolic OH excluding ortho intramolecular Hbond substituents is 2. The normalized spacial score (nSPS) is 19.4. The van der Waals surface area contributed by atoms with Crippen LogP contribution in [0, 0.1) is 0 Å². The van der Waals surface area contributed by atoms with Crippen molar-refractivity contribution in [3.05, 3.63) is 23.8 Å². The Morgan fingerprint density at radius 2 is 2.19 bits per heavy atom. The highest BCUT2D eigenvalue weighted by molar-refractivity contribution is 5.97. The standard InChI is InChI=1S/C16H24N2O3/c1-12-5-2-3-9-18(12)10-4-8-17-16(21)14-11-13(19)6-7-15(14)20/h6-7,11-12,19-20H,2-5,8-10H2,1H3,(H,17,21). The van der Waals surface area contributed by atoms with Gasteiger partial charge < -0.3 is 20.4 Å². The van der Waals surface area contributed by atoms with E-state index in [9.17, 15) is 15.0 Å². The van der Waals surface area contributed by atoms with Crippen LogP contribution >= 0.6 is 0 Å². The maximum Gasteiger partial charge on any atom is 0.255 e. The molecule has 1 aliphatic rings. The van der Waals surface area contributed by atoms with Crippen molar-refractivity contribution >= 4 is 5.91 Å². The van der Waals surface area contributed by atoms with Crippen molar-refractivity contribution in [2.75, 3.05) is 19.6 Å². The van der Waals surface area contributed by atoms with Gasteiger partial charge in [0.25, 0.3) is 5.91 Å². The van der Waals surface area contributed by atoms with Crippen molar-refractivity contribution < 1.29 is 15.0 Å². The Hall–Kier alpha value is -1.75. The van der Waals surface area contributed by atoms with Gasteiger partial charge in [-0.2, -0.15) is 0 Å². The van der Waals surface area contributed by atoms with Crippen molar-refractivity contribution in [2.45, 2.75) is 38.6 Å². The van der Waals surface area contributed by atoms with Crippen LogP contribution in [0.15, 0.2) is 18.2 Å². The number of hydrogen-bond donors (Lipinski definition) is 3. The molecule has 0 spiro atoms. The van der Waals surface area contributed by atoms with Crippen molar-refractivity contribution in [3.63, 3.8) is 0 Å². The summed E-state index contributed by atoms with van der Waals surface area (Å²) in [5.74, 6) is -0.495. The second-order valence-electron chi connectivity index (χ2n) is 5.69. The first-order valence-corrected chi connectivity index (χ1v) is 7.62. The van der Waals surface area contributed by atoms with E-state index < -0.39 is 0 Å². The summed E-state index contributed by atoms with van der Waals surface area (Å²) in [4.78, 5) is 14.4. The highest BCUT2D eigenvalue weighted by Gasteiger charge is 2.17. The molecule has 2 rings (SSSR count). The number of carbonyl (C=O) groups is 1. The van der Waals surface area contributed by atoms with Crippen LogP contribution in [0.3, 0.4) is 0 Å². The highest BCUT2D eigenvalue weighted by Crippen LogP contribution is 2.21. The number of piperidine rings is 1. The van der Waals surface area contributed by atoms with E-state index in [0.717, 1.165) is 19.5 Å². The Labute approximate surface area is 125 Å². The predicted octanol–water partition coefficient (Wildman–Crippen LogP) is 2.09. The number of likely N-dealkylation sites (tertiary alicyclic amines) is 1. The summed E-state index contributed by atoms with van der Waals surface area (Å²) in [5.41, 5.74) is 0.112. The summed E-state index contributed by atoms with van der Waals surface area (Å²) in [6.07, 6.45) is 4.71. The molecule has 1 aromatic carbocycles. The Balaban J connectivity index is 1.75. The largest absolute Gasteiger partial charge is 0.508 e. The maximum atomic E-state index is 11.9. The van der Waals surface area contributed by atoms with Gasteiger partial charge in [0.15, 0.2) is 0 Å². The summed E-state index contributed by atoms with van der Waals surface area (Å²) in [7, 11) is 0. The molecule has 1 aromatic rings. The Bertz CT molecular complexity index is 490. The Morgan fingerprint density at radius 1 is 1.38 bits per heavy atom. The first-order chi connectivity index (χ1) is 10.1. The van der Waals surface area contributed by atoms with Gasteiger partial charge >= 0.3 is 0 Å². The average molecular weight is 292 g/mol. The van der Waals surface area contributed by atoms with E-state index in [0.29, 0.717) is 12.6 Å². The molecule has 0 radical (unpaired) electrons. The second-order valence-corrected chi connectivity index (χ2v) is 5.69. The van der Waals surface area contributed by atoms with Crippen LogP contribution in [0.2, 0.25) is 0 Å². The van der Waals surface area contributed by atoms with Crippen LogP contribution in [0.25, 0.3) is 0 Å². The molecule has 116 valence electrons. The van der Waals surface area contributed by atoms with Gasteiger partial charge in [-0.05, 0) is 50.9 Å². The smallest absolute Gasteiger partial charge is 0.255 e. The average Bonchev–Trinajstić information content (AvgIpc) is 2.47. The first kappa shape index (κ1) is 15.6. The third kappa shape index (κ3) is 4.36. The van der Waals surface area contributed by atoms with Crippen LogP contribution in [0.1, 0.15) is 43.0 Å². The van der Waals surface area contributed by atoms with E-state index in [-0.39, 0.29) is 23.0 Å². The molecular weight excluding hydrogens is 268 g/mol. The molecule has 1 unspecified atom stereocenters. The van der Waals surface area contributed by atoms with E-state index in [1.54, 1.807) is 0 Å². The van der Waals surface area contributed by atoms with Gasteiger partial charge in [0.1, 0.15) is 11.5 Å². The molecule has 1 fully saturated rings. The van der Waals surface area contributed by atoms with Gasteiger partial charge in [-0.1, -0.05) is 6.42 Å². The van der Waals surface area contributed by atoms with Crippen LogP contribution in [0.5, 0.6) is 11.5 Å². The molecular formula is C16H24N2O3. The highest BCUT2D eigenvalue weighted by atomic mass is 16.3. The third-order valence-corrected chi connectivity index (χ3v) is 4.07. The van der Waals surface area contributed by atoms with Crippen molar-refractivity contribution in [2.24, 2.45) is 0 Å². The minimum Gasteiger partial charge on any atom is -0.508 e. The number of aromatic hydroxyl groups is 2. The fraction of sp³-hybridized carbons (Fsp3) is 0.562. The first-order valence-electron chi connectivity index (χ1n) is 7.62. The number of phenols is 2. The van der Waals surface area contributed by atoms with Crippen LogP contribution < -0.4 is 5.32 Å². The van der Waals surface area contributed by atoms with E-state index in [1.807, 2.05) is 0 Å². The molecule has 1 aliphatic heterocycles. The number of hydrogen-bond acceptors (Lipinski definition) is 4. The monoisotopic (exact) mass is 292 g/mol. The predicted molar refractivity (Wildman–Crippen MR) is 81.6 cm³/mol. The van der Waals surface area contributed by atoms with E-state index in [4.69, 9.17) is 0 Å². The number of nitrogens with zero attached hydrogens (tertiary/aromatic N) is 1. The zero-order chi connectivity index (χ0) is 15.2. The number of carbonyl (C=O) groups excluding carboxylic acids is 1. The zero-order valence-corrected chi connectivity index (χ0v) is 12.5. The second kappa shape index (κ2) is 7.31. The molecule has 3 N–H and O–H groups in total. The number of amides is 1. The lowest BCUT2D eigenvalue weighted by Gasteiger charge is -2.33. The molecule has 5 nitrogen and oxygen atoms in total. The number of rotatable bonds is 5. The Kier molecular flexibility index (Phi) is 5.44. The SMILES string of the molecule is CC1CCCCN1CCCNC(=O)c1cc(O)ccc1O. The molecule has 1 heterocycles. The van der Waals surface area contributed by atoms with Gasteiger partial charge in [-0.3, -0.25) is 4.79 Å². The van der Waals surface area contributed by atoms with Gasteiger partial charge in [-0.15, -0.1) is 0 Å². The summed E-state index contributed by atoms with van der Waals surface area (Å²) in [6.45, 7) is 4.94. The minimum absolute atomic E-state index is 0.0277. The fourth-order valence-electron chi connectivity index (χ4n) is 2.77. The zero-order valence-electron chi connectivity index (χ0n) is 12.5. The maximum absolute atomic E-state index is 11.9. The molecule has 1 atom stereocenters. The molecule has 5 heteroatoms. The fourth-order valence-corrected chi connectivity index (χ4v) is 2.77. The molecule has 0 aliphatic carbocycles.